The standard InChI is InChI=1S/C28H32N4O2S2/c1-6-31-25(30-14-18(3)11-19(4)15-30)22(20(5)23(13-29)26(31)33)12-24-27(34)32(28(35)36-24)16-21-9-7-17(2)8-10-21/h7-10,12,18-19H,6,11,14-16H2,1-5H3/b24-12+. The monoisotopic (exact) mass is 520 g/mol. The number of hydrogen-bond acceptors (Lipinski definition) is 6. The lowest BCUT2D eigenvalue weighted by atomic mass is 9.91. The van der Waals surface area contributed by atoms with Crippen molar-refractivity contribution in [3.63, 3.8) is 0 Å². The number of rotatable bonds is 5. The molecule has 1 aromatic heterocycles. The maximum absolute atomic E-state index is 13.5. The number of carbonyl (C=O) groups excluding carboxylic acids is 1. The van der Waals surface area contributed by atoms with Gasteiger partial charge in [0.25, 0.3) is 11.5 Å². The van der Waals surface area contributed by atoms with Gasteiger partial charge in [0.2, 0.25) is 0 Å². The summed E-state index contributed by atoms with van der Waals surface area (Å²) in [6.07, 6.45) is 2.98. The van der Waals surface area contributed by atoms with Gasteiger partial charge in [-0.05, 0) is 56.2 Å². The summed E-state index contributed by atoms with van der Waals surface area (Å²) in [4.78, 5) is 31.1. The van der Waals surface area contributed by atoms with E-state index in [1.54, 1.807) is 16.4 Å². The fourth-order valence-corrected chi connectivity index (χ4v) is 6.49. The quantitative estimate of drug-likeness (QED) is 0.397. The summed E-state index contributed by atoms with van der Waals surface area (Å²) in [5, 5.41) is 9.81. The number of pyridine rings is 1. The van der Waals surface area contributed by atoms with Gasteiger partial charge in [0.1, 0.15) is 21.8 Å². The number of aryl methyl sites for hydroxylation is 1. The second kappa shape index (κ2) is 10.6. The molecule has 2 aliphatic rings. The molecule has 8 heteroatoms. The summed E-state index contributed by atoms with van der Waals surface area (Å²) in [6, 6.07) is 10.2. The number of nitrogens with zero attached hydrogens (tertiary/aromatic N) is 4. The van der Waals surface area contributed by atoms with Crippen LogP contribution in [0.15, 0.2) is 34.0 Å². The maximum atomic E-state index is 13.5. The zero-order valence-electron chi connectivity index (χ0n) is 21.5. The normalized spacial score (nSPS) is 21.4. The molecule has 2 aliphatic heterocycles. The molecule has 2 fully saturated rings. The minimum Gasteiger partial charge on any atom is -0.357 e. The lowest BCUT2D eigenvalue weighted by Crippen LogP contribution is -2.42. The second-order valence-electron chi connectivity index (χ2n) is 10.0. The highest BCUT2D eigenvalue weighted by molar-refractivity contribution is 8.26. The average Bonchev–Trinajstić information content (AvgIpc) is 3.09. The summed E-state index contributed by atoms with van der Waals surface area (Å²) in [7, 11) is 0. The van der Waals surface area contributed by atoms with E-state index >= 15 is 0 Å². The van der Waals surface area contributed by atoms with Crippen LogP contribution in [0.3, 0.4) is 0 Å². The smallest absolute Gasteiger partial charge is 0.270 e. The van der Waals surface area contributed by atoms with E-state index in [9.17, 15) is 14.9 Å². The average molecular weight is 521 g/mol. The third-order valence-electron chi connectivity index (χ3n) is 6.94. The maximum Gasteiger partial charge on any atom is 0.270 e. The van der Waals surface area contributed by atoms with Crippen molar-refractivity contribution in [2.45, 2.75) is 54.1 Å². The van der Waals surface area contributed by atoms with Gasteiger partial charge in [-0.1, -0.05) is 67.7 Å². The van der Waals surface area contributed by atoms with E-state index in [1.165, 1.54) is 11.8 Å². The lowest BCUT2D eigenvalue weighted by molar-refractivity contribution is -0.122. The van der Waals surface area contributed by atoms with Crippen molar-refractivity contribution >= 4 is 46.1 Å². The van der Waals surface area contributed by atoms with Crippen molar-refractivity contribution in [2.24, 2.45) is 11.8 Å². The first-order valence-electron chi connectivity index (χ1n) is 12.4. The van der Waals surface area contributed by atoms with Gasteiger partial charge in [0.15, 0.2) is 0 Å². The van der Waals surface area contributed by atoms with Crippen molar-refractivity contribution in [1.29, 1.82) is 5.26 Å². The Labute approximate surface area is 222 Å². The third-order valence-corrected chi connectivity index (χ3v) is 8.32. The molecule has 36 heavy (non-hydrogen) atoms. The summed E-state index contributed by atoms with van der Waals surface area (Å²) >= 11 is 6.86. The van der Waals surface area contributed by atoms with Gasteiger partial charge < -0.3 is 4.90 Å². The van der Waals surface area contributed by atoms with Crippen LogP contribution in [0.4, 0.5) is 5.82 Å². The van der Waals surface area contributed by atoms with Crippen LogP contribution in [0.2, 0.25) is 0 Å². The van der Waals surface area contributed by atoms with Crippen molar-refractivity contribution in [2.75, 3.05) is 18.0 Å². The Balaban J connectivity index is 1.81. The Bertz CT molecular complexity index is 1330. The van der Waals surface area contributed by atoms with Crippen LogP contribution in [0.1, 0.15) is 55.0 Å². The second-order valence-corrected chi connectivity index (χ2v) is 11.7. The van der Waals surface area contributed by atoms with E-state index in [1.807, 2.05) is 44.2 Å². The fourth-order valence-electron chi connectivity index (χ4n) is 5.26. The Kier molecular flexibility index (Phi) is 7.72. The molecular weight excluding hydrogens is 488 g/mol. The molecule has 188 valence electrons. The van der Waals surface area contributed by atoms with E-state index in [0.29, 0.717) is 39.7 Å². The molecule has 0 N–H and O–H groups in total. The first-order valence-corrected chi connectivity index (χ1v) is 13.6. The molecule has 1 amide bonds. The summed E-state index contributed by atoms with van der Waals surface area (Å²) in [6.45, 7) is 12.7. The van der Waals surface area contributed by atoms with Crippen LogP contribution in [-0.2, 0) is 17.9 Å². The molecular formula is C28H32N4O2S2. The number of nitriles is 1. The van der Waals surface area contributed by atoms with E-state index in [0.717, 1.165) is 42.0 Å². The van der Waals surface area contributed by atoms with Crippen LogP contribution >= 0.6 is 24.0 Å². The fraction of sp³-hybridized carbons (Fsp3) is 0.429. The highest BCUT2D eigenvalue weighted by Crippen LogP contribution is 2.37. The molecule has 2 aromatic rings. The van der Waals surface area contributed by atoms with Gasteiger partial charge in [0, 0.05) is 25.2 Å². The largest absolute Gasteiger partial charge is 0.357 e. The van der Waals surface area contributed by atoms with Gasteiger partial charge >= 0.3 is 0 Å². The molecule has 0 spiro atoms. The number of amides is 1. The zero-order valence-corrected chi connectivity index (χ0v) is 23.1. The number of hydrogen-bond donors (Lipinski definition) is 0. The molecule has 2 unspecified atom stereocenters. The predicted molar refractivity (Wildman–Crippen MR) is 151 cm³/mol. The number of anilines is 1. The van der Waals surface area contributed by atoms with E-state index in [2.05, 4.69) is 24.8 Å². The highest BCUT2D eigenvalue weighted by atomic mass is 32.2. The topological polar surface area (TPSA) is 69.3 Å². The minimum absolute atomic E-state index is 0.125. The Morgan fingerprint density at radius 1 is 1.14 bits per heavy atom. The molecule has 0 radical (unpaired) electrons. The molecule has 4 rings (SSSR count). The van der Waals surface area contributed by atoms with E-state index < -0.39 is 0 Å². The number of piperidine rings is 1. The van der Waals surface area contributed by atoms with Crippen LogP contribution in [-0.4, -0.2) is 32.8 Å². The molecule has 0 saturated carbocycles. The predicted octanol–water partition coefficient (Wildman–Crippen LogP) is 5.24. The number of thioether (sulfide) groups is 1. The van der Waals surface area contributed by atoms with E-state index in [-0.39, 0.29) is 17.0 Å². The number of thiocarbonyl (C=S) groups is 1. The Hall–Kier alpha value is -2.89. The van der Waals surface area contributed by atoms with Crippen molar-refractivity contribution in [1.82, 2.24) is 9.47 Å². The number of aromatic nitrogens is 1. The van der Waals surface area contributed by atoms with Gasteiger partial charge in [-0.25, -0.2) is 0 Å². The minimum atomic E-state index is -0.276. The SMILES string of the molecule is CCn1c(N2CC(C)CC(C)C2)c(/C=C2/SC(=S)N(Cc3ccc(C)cc3)C2=O)c(C)c(C#N)c1=O. The van der Waals surface area contributed by atoms with Crippen molar-refractivity contribution in [3.8, 4) is 6.07 Å². The lowest BCUT2D eigenvalue weighted by Gasteiger charge is -2.38. The first kappa shape index (κ1) is 26.2. The summed E-state index contributed by atoms with van der Waals surface area (Å²) in [5.74, 6) is 1.60. The van der Waals surface area contributed by atoms with Crippen LogP contribution in [0.25, 0.3) is 6.08 Å². The molecule has 0 aliphatic carbocycles. The third kappa shape index (κ3) is 5.00. The van der Waals surface area contributed by atoms with Crippen molar-refractivity contribution < 1.29 is 4.79 Å². The molecule has 6 nitrogen and oxygen atoms in total. The molecule has 2 saturated heterocycles. The summed E-state index contributed by atoms with van der Waals surface area (Å²) in [5.41, 5.74) is 3.38. The zero-order chi connectivity index (χ0) is 26.1. The molecule has 0 bridgehead atoms. The van der Waals surface area contributed by atoms with Gasteiger partial charge in [0.05, 0.1) is 11.4 Å². The first-order chi connectivity index (χ1) is 17.1. The van der Waals surface area contributed by atoms with Crippen LogP contribution in [0, 0.1) is 37.0 Å². The van der Waals surface area contributed by atoms with Gasteiger partial charge in [-0.3, -0.25) is 19.1 Å². The van der Waals surface area contributed by atoms with Crippen molar-refractivity contribution in [3.05, 3.63) is 67.3 Å². The Morgan fingerprint density at radius 2 is 1.78 bits per heavy atom. The number of carbonyl (C=O) groups is 1. The summed E-state index contributed by atoms with van der Waals surface area (Å²) < 4.78 is 2.20. The van der Waals surface area contributed by atoms with Gasteiger partial charge in [-0.2, -0.15) is 5.26 Å². The molecule has 2 atom stereocenters. The van der Waals surface area contributed by atoms with E-state index in [4.69, 9.17) is 12.2 Å². The van der Waals surface area contributed by atoms with Crippen LogP contribution < -0.4 is 10.5 Å². The van der Waals surface area contributed by atoms with Crippen LogP contribution in [0.5, 0.6) is 0 Å². The molecule has 1 aromatic carbocycles. The Morgan fingerprint density at radius 3 is 2.36 bits per heavy atom. The molecule has 3 heterocycles. The highest BCUT2D eigenvalue weighted by Gasteiger charge is 2.34. The number of benzene rings is 1. The van der Waals surface area contributed by atoms with Gasteiger partial charge in [-0.15, -0.1) is 0 Å².